The summed E-state index contributed by atoms with van der Waals surface area (Å²) in [5.41, 5.74) is -0.296. The first-order valence-electron chi connectivity index (χ1n) is 6.06. The Morgan fingerprint density at radius 3 is 2.28 bits per heavy atom. The fraction of sp³-hybridized carbons (Fsp3) is 0.667. The molecule has 1 aliphatic carbocycles. The third kappa shape index (κ3) is 2.09. The minimum absolute atomic E-state index is 0.483. The lowest BCUT2D eigenvalue weighted by Gasteiger charge is -2.54. The van der Waals surface area contributed by atoms with Gasteiger partial charge in [-0.2, -0.15) is 13.2 Å². The zero-order valence-electron chi connectivity index (χ0n) is 9.80. The Morgan fingerprint density at radius 1 is 1.22 bits per heavy atom. The Balaban J connectivity index is 1.57. The van der Waals surface area contributed by atoms with Crippen molar-refractivity contribution in [3.05, 3.63) is 23.8 Å². The lowest BCUT2D eigenvalue weighted by atomic mass is 9.58. The molecule has 1 spiro atoms. The van der Waals surface area contributed by atoms with Crippen LogP contribution in [0.3, 0.4) is 0 Å². The van der Waals surface area contributed by atoms with Crippen molar-refractivity contribution < 1.29 is 13.2 Å². The van der Waals surface area contributed by atoms with E-state index in [1.54, 1.807) is 0 Å². The number of nitrogens with one attached hydrogen (secondary N) is 1. The second-order valence-electron chi connectivity index (χ2n) is 5.47. The minimum Gasteiger partial charge on any atom is -0.316 e. The average molecular weight is 257 g/mol. The van der Waals surface area contributed by atoms with Crippen LogP contribution in [0.4, 0.5) is 13.2 Å². The first-order valence-corrected chi connectivity index (χ1v) is 6.06. The summed E-state index contributed by atoms with van der Waals surface area (Å²) in [6.45, 7) is 2.16. The summed E-state index contributed by atoms with van der Waals surface area (Å²) in [6.07, 6.45) is 0.384. The van der Waals surface area contributed by atoms with Crippen molar-refractivity contribution in [2.75, 3.05) is 13.1 Å². The summed E-state index contributed by atoms with van der Waals surface area (Å²) in [5.74, 6) is 1.05. The topological polar surface area (TPSA) is 37.8 Å². The van der Waals surface area contributed by atoms with Gasteiger partial charge in [-0.3, -0.25) is 0 Å². The van der Waals surface area contributed by atoms with E-state index in [0.717, 1.165) is 38.3 Å². The van der Waals surface area contributed by atoms with E-state index in [9.17, 15) is 13.2 Å². The average Bonchev–Trinajstić information content (AvgIpc) is 2.19. The number of alkyl halides is 3. The maximum atomic E-state index is 12.3. The fourth-order valence-electron chi connectivity index (χ4n) is 2.94. The summed E-state index contributed by atoms with van der Waals surface area (Å²) in [6, 6.07) is 0. The van der Waals surface area contributed by atoms with Crippen LogP contribution in [0.5, 0.6) is 0 Å². The van der Waals surface area contributed by atoms with Crippen molar-refractivity contribution in [3.63, 3.8) is 0 Å². The minimum atomic E-state index is -4.35. The Labute approximate surface area is 103 Å². The number of hydrogen-bond acceptors (Lipinski definition) is 3. The molecule has 0 amide bonds. The van der Waals surface area contributed by atoms with Gasteiger partial charge in [-0.05, 0) is 24.2 Å². The molecule has 0 aromatic carbocycles. The van der Waals surface area contributed by atoms with Crippen LogP contribution in [0.1, 0.15) is 24.2 Å². The second-order valence-corrected chi connectivity index (χ2v) is 5.47. The molecule has 1 saturated carbocycles. The van der Waals surface area contributed by atoms with E-state index in [0.29, 0.717) is 23.6 Å². The van der Waals surface area contributed by atoms with E-state index < -0.39 is 11.7 Å². The highest BCUT2D eigenvalue weighted by Crippen LogP contribution is 2.49. The van der Waals surface area contributed by atoms with Crippen molar-refractivity contribution >= 4 is 0 Å². The van der Waals surface area contributed by atoms with E-state index in [4.69, 9.17) is 0 Å². The molecule has 2 aliphatic rings. The quantitative estimate of drug-likeness (QED) is 0.881. The van der Waals surface area contributed by atoms with Gasteiger partial charge < -0.3 is 5.32 Å². The molecule has 0 atom stereocenters. The van der Waals surface area contributed by atoms with E-state index in [2.05, 4.69) is 15.3 Å². The van der Waals surface area contributed by atoms with Gasteiger partial charge in [0.15, 0.2) is 0 Å². The van der Waals surface area contributed by atoms with Crippen LogP contribution in [0.15, 0.2) is 12.4 Å². The standard InChI is InChI=1S/C12H14F3N3/c13-12(14,15)9-4-17-10(18-5-9)1-8-2-11(3-8)6-16-7-11/h4-5,8,16H,1-3,6-7H2. The van der Waals surface area contributed by atoms with Crippen molar-refractivity contribution in [1.29, 1.82) is 0 Å². The van der Waals surface area contributed by atoms with Crippen LogP contribution in [0.2, 0.25) is 0 Å². The number of nitrogens with zero attached hydrogens (tertiary/aromatic N) is 2. The summed E-state index contributed by atoms with van der Waals surface area (Å²) in [7, 11) is 0. The third-order valence-electron chi connectivity index (χ3n) is 3.95. The van der Waals surface area contributed by atoms with Gasteiger partial charge in [-0.15, -0.1) is 0 Å². The van der Waals surface area contributed by atoms with Crippen molar-refractivity contribution in [3.8, 4) is 0 Å². The van der Waals surface area contributed by atoms with Crippen LogP contribution in [-0.4, -0.2) is 23.1 Å². The molecule has 1 aromatic heterocycles. The highest BCUT2D eigenvalue weighted by atomic mass is 19.4. The number of halogens is 3. The van der Waals surface area contributed by atoms with Gasteiger partial charge in [0.05, 0.1) is 5.56 Å². The second kappa shape index (κ2) is 3.91. The van der Waals surface area contributed by atoms with Crippen LogP contribution >= 0.6 is 0 Å². The van der Waals surface area contributed by atoms with Gasteiger partial charge in [0.25, 0.3) is 0 Å². The summed E-state index contributed by atoms with van der Waals surface area (Å²) < 4.78 is 37.0. The summed E-state index contributed by atoms with van der Waals surface area (Å²) in [4.78, 5) is 7.62. The van der Waals surface area contributed by atoms with Crippen LogP contribution in [-0.2, 0) is 12.6 Å². The molecule has 1 aromatic rings. The Morgan fingerprint density at radius 2 is 1.83 bits per heavy atom. The van der Waals surface area contributed by atoms with Crippen LogP contribution in [0, 0.1) is 11.3 Å². The Kier molecular flexibility index (Phi) is 2.59. The highest BCUT2D eigenvalue weighted by molar-refractivity contribution is 5.11. The lowest BCUT2D eigenvalue weighted by Crippen LogP contribution is -2.60. The Hall–Kier alpha value is -1.17. The van der Waals surface area contributed by atoms with Gasteiger partial charge in [-0.1, -0.05) is 0 Å². The third-order valence-corrected chi connectivity index (χ3v) is 3.95. The zero-order valence-corrected chi connectivity index (χ0v) is 9.80. The molecule has 1 saturated heterocycles. The van der Waals surface area contributed by atoms with E-state index >= 15 is 0 Å². The van der Waals surface area contributed by atoms with Gasteiger partial charge in [0.1, 0.15) is 5.82 Å². The molecule has 0 unspecified atom stereocenters. The molecule has 1 N–H and O–H groups in total. The smallest absolute Gasteiger partial charge is 0.316 e. The molecule has 98 valence electrons. The fourth-order valence-corrected chi connectivity index (χ4v) is 2.94. The molecule has 18 heavy (non-hydrogen) atoms. The van der Waals surface area contributed by atoms with Crippen molar-refractivity contribution in [2.24, 2.45) is 11.3 Å². The summed E-state index contributed by atoms with van der Waals surface area (Å²) >= 11 is 0. The molecule has 1 aliphatic heterocycles. The number of aromatic nitrogens is 2. The molecule has 2 fully saturated rings. The summed E-state index contributed by atoms with van der Waals surface area (Å²) in [5, 5.41) is 3.26. The molecule has 0 radical (unpaired) electrons. The van der Waals surface area contributed by atoms with E-state index in [1.165, 1.54) is 0 Å². The SMILES string of the molecule is FC(F)(F)c1cnc(CC2CC3(CNC3)C2)nc1. The number of hydrogen-bond donors (Lipinski definition) is 1. The molecular weight excluding hydrogens is 243 g/mol. The highest BCUT2D eigenvalue weighted by Gasteiger charge is 2.48. The zero-order chi connectivity index (χ0) is 12.8. The van der Waals surface area contributed by atoms with E-state index in [-0.39, 0.29) is 0 Å². The lowest BCUT2D eigenvalue weighted by molar-refractivity contribution is -0.138. The maximum Gasteiger partial charge on any atom is 0.419 e. The van der Waals surface area contributed by atoms with Gasteiger partial charge >= 0.3 is 6.18 Å². The molecular formula is C12H14F3N3. The first kappa shape index (κ1) is 11.9. The molecule has 3 rings (SSSR count). The molecule has 3 nitrogen and oxygen atoms in total. The maximum absolute atomic E-state index is 12.3. The van der Waals surface area contributed by atoms with E-state index in [1.807, 2.05) is 0 Å². The van der Waals surface area contributed by atoms with Gasteiger partial charge in [0.2, 0.25) is 0 Å². The van der Waals surface area contributed by atoms with Crippen LogP contribution < -0.4 is 5.32 Å². The van der Waals surface area contributed by atoms with Crippen molar-refractivity contribution in [1.82, 2.24) is 15.3 Å². The van der Waals surface area contributed by atoms with Gasteiger partial charge in [-0.25, -0.2) is 9.97 Å². The van der Waals surface area contributed by atoms with Crippen LogP contribution in [0.25, 0.3) is 0 Å². The normalized spacial score (nSPS) is 22.6. The largest absolute Gasteiger partial charge is 0.419 e. The monoisotopic (exact) mass is 257 g/mol. The molecule has 6 heteroatoms. The van der Waals surface area contributed by atoms with Gasteiger partial charge in [0, 0.05) is 31.9 Å². The predicted molar refractivity (Wildman–Crippen MR) is 58.8 cm³/mol. The Bertz CT molecular complexity index is 429. The predicted octanol–water partition coefficient (Wildman–Crippen LogP) is 2.04. The molecule has 2 heterocycles. The van der Waals surface area contributed by atoms with Crippen molar-refractivity contribution in [2.45, 2.75) is 25.4 Å². The number of rotatable bonds is 2. The first-order chi connectivity index (χ1) is 8.47. The molecule has 0 bridgehead atoms.